The van der Waals surface area contributed by atoms with Gasteiger partial charge in [-0.15, -0.1) is 0 Å². The van der Waals surface area contributed by atoms with Gasteiger partial charge in [-0.1, -0.05) is 29.8 Å². The number of benzene rings is 2. The number of carbonyl (C=O) groups is 2. The summed E-state index contributed by atoms with van der Waals surface area (Å²) in [5.41, 5.74) is 0.577. The van der Waals surface area contributed by atoms with Crippen LogP contribution in [-0.2, 0) is 16.1 Å². The van der Waals surface area contributed by atoms with Gasteiger partial charge in [0.25, 0.3) is 5.91 Å². The minimum Gasteiger partial charge on any atom is -0.494 e. The predicted octanol–water partition coefficient (Wildman–Crippen LogP) is 3.86. The molecule has 2 aromatic rings. The van der Waals surface area contributed by atoms with Crippen molar-refractivity contribution in [3.05, 3.63) is 58.9 Å². The third kappa shape index (κ3) is 4.83. The Kier molecular flexibility index (Phi) is 6.55. The number of nitrogens with one attached hydrogen (secondary N) is 2. The van der Waals surface area contributed by atoms with Crippen molar-refractivity contribution in [2.45, 2.75) is 38.3 Å². The molecule has 3 aliphatic rings. The molecule has 8 heteroatoms. The molecule has 32 heavy (non-hydrogen) atoms. The van der Waals surface area contributed by atoms with Crippen LogP contribution in [0.3, 0.4) is 0 Å². The fourth-order valence-electron chi connectivity index (χ4n) is 4.75. The molecule has 0 aliphatic heterocycles. The smallest absolute Gasteiger partial charge is 0.258 e. The summed E-state index contributed by atoms with van der Waals surface area (Å²) in [5, 5.41) is 6.04. The van der Waals surface area contributed by atoms with Crippen LogP contribution < -0.4 is 20.1 Å². The normalized spacial score (nSPS) is 23.2. The van der Waals surface area contributed by atoms with Gasteiger partial charge in [0.05, 0.1) is 11.6 Å². The van der Waals surface area contributed by atoms with E-state index in [2.05, 4.69) is 10.6 Å². The van der Waals surface area contributed by atoms with Gasteiger partial charge in [0.15, 0.2) is 6.61 Å². The first-order valence-corrected chi connectivity index (χ1v) is 11.1. The van der Waals surface area contributed by atoms with Crippen LogP contribution in [0.15, 0.2) is 42.5 Å². The van der Waals surface area contributed by atoms with Gasteiger partial charge in [0.1, 0.15) is 17.3 Å². The van der Waals surface area contributed by atoms with Crippen molar-refractivity contribution in [3.63, 3.8) is 0 Å². The summed E-state index contributed by atoms with van der Waals surface area (Å²) in [4.78, 5) is 25.2. The van der Waals surface area contributed by atoms with E-state index in [1.54, 1.807) is 0 Å². The van der Waals surface area contributed by atoms with Gasteiger partial charge in [0.2, 0.25) is 5.91 Å². The zero-order valence-electron chi connectivity index (χ0n) is 17.8. The van der Waals surface area contributed by atoms with Crippen LogP contribution in [0.1, 0.15) is 31.7 Å². The maximum atomic E-state index is 13.5. The Bertz CT molecular complexity index is 1010. The molecular weight excluding hydrogens is 435 g/mol. The molecular formula is C24H26ClFN2O4. The number of ether oxygens (including phenoxy) is 2. The van der Waals surface area contributed by atoms with Crippen LogP contribution in [0.2, 0.25) is 5.02 Å². The first-order valence-electron chi connectivity index (χ1n) is 10.8. The van der Waals surface area contributed by atoms with E-state index in [0.717, 1.165) is 30.2 Å². The molecule has 3 saturated carbocycles. The Morgan fingerprint density at radius 3 is 2.69 bits per heavy atom. The fourth-order valence-corrected chi connectivity index (χ4v) is 4.87. The predicted molar refractivity (Wildman–Crippen MR) is 118 cm³/mol. The monoisotopic (exact) mass is 460 g/mol. The van der Waals surface area contributed by atoms with Crippen LogP contribution in [-0.4, -0.2) is 30.6 Å². The SMILES string of the molecule is CCOc1ccccc1CNC(=O)[C@@H]1CC2(NC(=O)COc3ccc(Cl)c(F)c3)CC1C2. The largest absolute Gasteiger partial charge is 0.494 e. The summed E-state index contributed by atoms with van der Waals surface area (Å²) in [6.07, 6.45) is 2.17. The van der Waals surface area contributed by atoms with Crippen LogP contribution >= 0.6 is 11.6 Å². The van der Waals surface area contributed by atoms with E-state index in [9.17, 15) is 14.0 Å². The van der Waals surface area contributed by atoms with E-state index in [0.29, 0.717) is 19.6 Å². The molecule has 3 fully saturated rings. The number of amides is 2. The molecule has 6 nitrogen and oxygen atoms in total. The van der Waals surface area contributed by atoms with Crippen LogP contribution in [0, 0.1) is 17.7 Å². The lowest BCUT2D eigenvalue weighted by Crippen LogP contribution is -2.53. The Morgan fingerprint density at radius 1 is 1.16 bits per heavy atom. The lowest BCUT2D eigenvalue weighted by molar-refractivity contribution is -0.126. The minimum atomic E-state index is -0.599. The van der Waals surface area contributed by atoms with E-state index in [4.69, 9.17) is 21.1 Å². The van der Waals surface area contributed by atoms with Crippen molar-refractivity contribution in [1.82, 2.24) is 10.6 Å². The molecule has 2 N–H and O–H groups in total. The lowest BCUT2D eigenvalue weighted by Gasteiger charge is -2.39. The number of hydrogen-bond donors (Lipinski definition) is 2. The number of carbonyl (C=O) groups excluding carboxylic acids is 2. The molecule has 3 aliphatic carbocycles. The summed E-state index contributed by atoms with van der Waals surface area (Å²) in [6, 6.07) is 11.7. The Morgan fingerprint density at radius 2 is 1.94 bits per heavy atom. The summed E-state index contributed by atoms with van der Waals surface area (Å²) >= 11 is 5.65. The molecule has 2 amide bonds. The second-order valence-corrected chi connectivity index (χ2v) is 8.84. The number of halogens is 2. The highest BCUT2D eigenvalue weighted by atomic mass is 35.5. The van der Waals surface area contributed by atoms with Gasteiger partial charge < -0.3 is 20.1 Å². The molecule has 0 aromatic heterocycles. The highest BCUT2D eigenvalue weighted by molar-refractivity contribution is 6.30. The minimum absolute atomic E-state index is 0.00199. The lowest BCUT2D eigenvalue weighted by atomic mass is 9.76. The van der Waals surface area contributed by atoms with E-state index >= 15 is 0 Å². The molecule has 0 unspecified atom stereocenters. The van der Waals surface area contributed by atoms with Gasteiger partial charge in [0, 0.05) is 29.6 Å². The fraction of sp³-hybridized carbons (Fsp3) is 0.417. The van der Waals surface area contributed by atoms with Crippen molar-refractivity contribution < 1.29 is 23.5 Å². The molecule has 0 spiro atoms. The summed E-state index contributed by atoms with van der Waals surface area (Å²) < 4.78 is 24.5. The Hall–Kier alpha value is -2.80. The molecule has 2 aromatic carbocycles. The topological polar surface area (TPSA) is 76.7 Å². The molecule has 5 rings (SSSR count). The van der Waals surface area contributed by atoms with Gasteiger partial charge in [-0.05, 0) is 50.3 Å². The maximum absolute atomic E-state index is 13.5. The Labute approximate surface area is 191 Å². The second-order valence-electron chi connectivity index (χ2n) is 8.43. The van der Waals surface area contributed by atoms with Crippen molar-refractivity contribution in [2.75, 3.05) is 13.2 Å². The van der Waals surface area contributed by atoms with Gasteiger partial charge >= 0.3 is 0 Å². The van der Waals surface area contributed by atoms with E-state index < -0.39 is 5.82 Å². The molecule has 1 atom stereocenters. The first-order chi connectivity index (χ1) is 15.4. The van der Waals surface area contributed by atoms with Gasteiger partial charge in [-0.2, -0.15) is 0 Å². The Balaban J connectivity index is 1.26. The van der Waals surface area contributed by atoms with Crippen LogP contribution in [0.4, 0.5) is 4.39 Å². The summed E-state index contributed by atoms with van der Waals surface area (Å²) in [5.74, 6) is 0.272. The third-order valence-corrected chi connectivity index (χ3v) is 6.52. The van der Waals surface area contributed by atoms with Crippen molar-refractivity contribution in [2.24, 2.45) is 11.8 Å². The number of hydrogen-bond acceptors (Lipinski definition) is 4. The summed E-state index contributed by atoms with van der Waals surface area (Å²) in [7, 11) is 0. The number of rotatable bonds is 9. The number of fused-ring (bicyclic) bond motifs is 1. The number of para-hydroxylation sites is 1. The highest BCUT2D eigenvalue weighted by Crippen LogP contribution is 2.55. The summed E-state index contributed by atoms with van der Waals surface area (Å²) in [6.45, 7) is 2.67. The molecule has 0 heterocycles. The third-order valence-electron chi connectivity index (χ3n) is 6.21. The van der Waals surface area contributed by atoms with Crippen LogP contribution in [0.5, 0.6) is 11.5 Å². The van der Waals surface area contributed by atoms with Crippen molar-refractivity contribution in [3.8, 4) is 11.5 Å². The van der Waals surface area contributed by atoms with Gasteiger partial charge in [-0.25, -0.2) is 4.39 Å². The zero-order valence-corrected chi connectivity index (χ0v) is 18.6. The highest BCUT2D eigenvalue weighted by Gasteiger charge is 2.58. The molecule has 170 valence electrons. The van der Waals surface area contributed by atoms with Crippen molar-refractivity contribution in [1.29, 1.82) is 0 Å². The first kappa shape index (κ1) is 22.4. The standard InChI is InChI=1S/C24H26ClFN2O4/c1-2-31-21-6-4-3-5-15(21)13-27-23(30)18-12-24(10-16(18)11-24)28-22(29)14-32-17-7-8-19(25)20(26)9-17/h3-9,16,18H,2,10-14H2,1H3,(H,27,30)(H,28,29)/t16?,18-,24?/m1/s1. The molecule has 0 saturated heterocycles. The maximum Gasteiger partial charge on any atom is 0.258 e. The van der Waals surface area contributed by atoms with Gasteiger partial charge in [-0.3, -0.25) is 9.59 Å². The average Bonchev–Trinajstić information content (AvgIpc) is 3.29. The molecule has 0 radical (unpaired) electrons. The van der Waals surface area contributed by atoms with Crippen LogP contribution in [0.25, 0.3) is 0 Å². The van der Waals surface area contributed by atoms with E-state index in [1.165, 1.54) is 12.1 Å². The van der Waals surface area contributed by atoms with Crippen molar-refractivity contribution >= 4 is 23.4 Å². The zero-order chi connectivity index (χ0) is 22.7. The van der Waals surface area contributed by atoms with E-state index in [-0.39, 0.29) is 46.6 Å². The second kappa shape index (κ2) is 9.36. The molecule has 2 bridgehead atoms. The average molecular weight is 461 g/mol. The quantitative estimate of drug-likeness (QED) is 0.595. The van der Waals surface area contributed by atoms with E-state index in [1.807, 2.05) is 31.2 Å².